The first-order chi connectivity index (χ1) is 11.7. The van der Waals surface area contributed by atoms with Gasteiger partial charge in [0, 0.05) is 45.9 Å². The first kappa shape index (κ1) is 17.3. The molecular formula is C18H26FN3O2. The predicted octanol–water partition coefficient (Wildman–Crippen LogP) is 1.41. The van der Waals surface area contributed by atoms with E-state index in [0.717, 1.165) is 57.7 Å². The summed E-state index contributed by atoms with van der Waals surface area (Å²) >= 11 is 0. The van der Waals surface area contributed by atoms with Crippen LogP contribution in [0.3, 0.4) is 0 Å². The lowest BCUT2D eigenvalue weighted by Gasteiger charge is -2.38. The second-order valence-corrected chi connectivity index (χ2v) is 6.61. The molecule has 1 saturated carbocycles. The molecular weight excluding hydrogens is 309 g/mol. The van der Waals surface area contributed by atoms with Crippen LogP contribution in [0.1, 0.15) is 24.4 Å². The number of piperazine rings is 1. The van der Waals surface area contributed by atoms with Gasteiger partial charge in [-0.1, -0.05) is 12.1 Å². The number of carbonyl (C=O) groups is 1. The molecule has 2 aliphatic rings. The summed E-state index contributed by atoms with van der Waals surface area (Å²) in [4.78, 5) is 17.3. The summed E-state index contributed by atoms with van der Waals surface area (Å²) in [5.74, 6) is -0.237. The van der Waals surface area contributed by atoms with E-state index in [0.29, 0.717) is 6.04 Å². The number of amides is 1. The minimum atomic E-state index is -0.337. The van der Waals surface area contributed by atoms with Crippen LogP contribution >= 0.6 is 0 Å². The van der Waals surface area contributed by atoms with E-state index in [1.807, 2.05) is 0 Å². The maximum atomic E-state index is 13.3. The van der Waals surface area contributed by atoms with Crippen molar-refractivity contribution in [1.82, 2.24) is 15.1 Å². The van der Waals surface area contributed by atoms with Crippen molar-refractivity contribution in [2.45, 2.75) is 24.9 Å². The minimum Gasteiger partial charge on any atom is -0.383 e. The van der Waals surface area contributed by atoms with Crippen LogP contribution in [0.4, 0.5) is 4.39 Å². The second-order valence-electron chi connectivity index (χ2n) is 6.61. The highest BCUT2D eigenvalue weighted by atomic mass is 19.1. The molecule has 1 heterocycles. The number of rotatable bonds is 7. The molecule has 132 valence electrons. The van der Waals surface area contributed by atoms with Crippen molar-refractivity contribution in [3.05, 3.63) is 35.6 Å². The van der Waals surface area contributed by atoms with E-state index in [1.165, 1.54) is 12.1 Å². The van der Waals surface area contributed by atoms with Crippen LogP contribution in [-0.4, -0.2) is 68.2 Å². The van der Waals surface area contributed by atoms with Gasteiger partial charge in [-0.2, -0.15) is 0 Å². The molecule has 24 heavy (non-hydrogen) atoms. The molecule has 1 aromatic carbocycles. The number of nitrogens with zero attached hydrogens (tertiary/aromatic N) is 2. The smallest absolute Gasteiger partial charge is 0.242 e. The zero-order valence-electron chi connectivity index (χ0n) is 14.2. The molecule has 1 N–H and O–H groups in total. The Morgan fingerprint density at radius 3 is 2.50 bits per heavy atom. The van der Waals surface area contributed by atoms with E-state index in [-0.39, 0.29) is 17.8 Å². The number of carbonyl (C=O) groups excluding carboxylic acids is 1. The van der Waals surface area contributed by atoms with Crippen molar-refractivity contribution < 1.29 is 13.9 Å². The fourth-order valence-corrected chi connectivity index (χ4v) is 3.15. The van der Waals surface area contributed by atoms with Gasteiger partial charge in [-0.05, 0) is 30.5 Å². The summed E-state index contributed by atoms with van der Waals surface area (Å²) in [7, 11) is 1.71. The minimum absolute atomic E-state index is 0.0365. The third-order valence-electron chi connectivity index (χ3n) is 4.74. The number of benzene rings is 1. The third-order valence-corrected chi connectivity index (χ3v) is 4.74. The van der Waals surface area contributed by atoms with Gasteiger partial charge in [-0.25, -0.2) is 4.39 Å². The summed E-state index contributed by atoms with van der Waals surface area (Å²) in [6, 6.07) is 6.30. The quantitative estimate of drug-likeness (QED) is 0.818. The lowest BCUT2D eigenvalue weighted by atomic mass is 10.0. The van der Waals surface area contributed by atoms with Crippen LogP contribution in [0.2, 0.25) is 0 Å². The summed E-state index contributed by atoms with van der Waals surface area (Å²) in [6.45, 7) is 5.12. The normalized spacial score (nSPS) is 20.8. The number of methoxy groups -OCH3 is 1. The first-order valence-electron chi connectivity index (χ1n) is 8.68. The Labute approximate surface area is 142 Å². The highest BCUT2D eigenvalue weighted by Gasteiger charge is 2.33. The molecule has 1 aliphatic heterocycles. The molecule has 6 heteroatoms. The number of halogens is 1. The molecule has 0 radical (unpaired) electrons. The van der Waals surface area contributed by atoms with Gasteiger partial charge >= 0.3 is 0 Å². The van der Waals surface area contributed by atoms with E-state index in [4.69, 9.17) is 4.74 Å². The van der Waals surface area contributed by atoms with Crippen molar-refractivity contribution in [3.63, 3.8) is 0 Å². The van der Waals surface area contributed by atoms with Crippen LogP contribution in [0.5, 0.6) is 0 Å². The molecule has 3 rings (SSSR count). The molecule has 1 amide bonds. The largest absolute Gasteiger partial charge is 0.383 e. The Kier molecular flexibility index (Phi) is 5.81. The highest BCUT2D eigenvalue weighted by molar-refractivity contribution is 5.83. The molecule has 2 fully saturated rings. The number of hydrogen-bond acceptors (Lipinski definition) is 4. The van der Waals surface area contributed by atoms with Crippen molar-refractivity contribution in [3.8, 4) is 0 Å². The highest BCUT2D eigenvalue weighted by Crippen LogP contribution is 2.26. The maximum Gasteiger partial charge on any atom is 0.242 e. The maximum absolute atomic E-state index is 13.3. The molecule has 1 aromatic rings. The van der Waals surface area contributed by atoms with Gasteiger partial charge < -0.3 is 10.1 Å². The Hall–Kier alpha value is -1.50. The molecule has 1 atom stereocenters. The first-order valence-corrected chi connectivity index (χ1v) is 8.68. The van der Waals surface area contributed by atoms with E-state index in [1.54, 1.807) is 19.2 Å². The van der Waals surface area contributed by atoms with Gasteiger partial charge in [0.05, 0.1) is 6.61 Å². The van der Waals surface area contributed by atoms with E-state index in [2.05, 4.69) is 15.1 Å². The van der Waals surface area contributed by atoms with Gasteiger partial charge in [-0.3, -0.25) is 14.6 Å². The van der Waals surface area contributed by atoms with Gasteiger partial charge in [0.15, 0.2) is 0 Å². The van der Waals surface area contributed by atoms with Crippen molar-refractivity contribution in [2.75, 3.05) is 46.4 Å². The van der Waals surface area contributed by atoms with Crippen LogP contribution < -0.4 is 5.32 Å². The van der Waals surface area contributed by atoms with Crippen molar-refractivity contribution in [2.24, 2.45) is 0 Å². The standard InChI is InChI=1S/C18H26FN3O2/c1-24-13-12-21-8-10-22(11-9-21)17(18(23)20-16-6-7-16)14-2-4-15(19)5-3-14/h2-5,16-17H,6-13H2,1H3,(H,20,23). The number of nitrogens with one attached hydrogen (secondary N) is 1. The Morgan fingerprint density at radius 2 is 1.92 bits per heavy atom. The zero-order chi connectivity index (χ0) is 16.9. The van der Waals surface area contributed by atoms with Crippen LogP contribution in [-0.2, 0) is 9.53 Å². The van der Waals surface area contributed by atoms with Crippen molar-refractivity contribution in [1.29, 1.82) is 0 Å². The Balaban J connectivity index is 1.67. The summed E-state index contributed by atoms with van der Waals surface area (Å²) in [5, 5.41) is 3.10. The molecule has 1 unspecified atom stereocenters. The number of ether oxygens (including phenoxy) is 1. The number of hydrogen-bond donors (Lipinski definition) is 1. The zero-order valence-corrected chi connectivity index (χ0v) is 14.2. The Bertz CT molecular complexity index is 540. The average Bonchev–Trinajstić information content (AvgIpc) is 3.40. The third kappa shape index (κ3) is 4.53. The summed E-state index contributed by atoms with van der Waals surface area (Å²) in [6.07, 6.45) is 2.12. The molecule has 5 nitrogen and oxygen atoms in total. The lowest BCUT2D eigenvalue weighted by molar-refractivity contribution is -0.127. The lowest BCUT2D eigenvalue weighted by Crippen LogP contribution is -2.51. The topological polar surface area (TPSA) is 44.8 Å². The summed E-state index contributed by atoms with van der Waals surface area (Å²) in [5.41, 5.74) is 0.861. The van der Waals surface area contributed by atoms with Gasteiger partial charge in [0.1, 0.15) is 11.9 Å². The van der Waals surface area contributed by atoms with Crippen molar-refractivity contribution >= 4 is 5.91 Å². The van der Waals surface area contributed by atoms with Gasteiger partial charge in [0.25, 0.3) is 0 Å². The monoisotopic (exact) mass is 335 g/mol. The van der Waals surface area contributed by atoms with E-state index < -0.39 is 0 Å². The van der Waals surface area contributed by atoms with Crippen LogP contribution in [0, 0.1) is 5.82 Å². The van der Waals surface area contributed by atoms with Crippen LogP contribution in [0.15, 0.2) is 24.3 Å². The molecule has 0 bridgehead atoms. The SMILES string of the molecule is COCCN1CCN(C(C(=O)NC2CC2)c2ccc(F)cc2)CC1. The van der Waals surface area contributed by atoms with Gasteiger partial charge in [0.2, 0.25) is 5.91 Å². The second kappa shape index (κ2) is 8.05. The van der Waals surface area contributed by atoms with E-state index in [9.17, 15) is 9.18 Å². The predicted molar refractivity (Wildman–Crippen MR) is 90.2 cm³/mol. The van der Waals surface area contributed by atoms with Crippen LogP contribution in [0.25, 0.3) is 0 Å². The molecule has 0 aromatic heterocycles. The molecule has 1 saturated heterocycles. The fraction of sp³-hybridized carbons (Fsp3) is 0.611. The fourth-order valence-electron chi connectivity index (χ4n) is 3.15. The Morgan fingerprint density at radius 1 is 1.25 bits per heavy atom. The molecule has 0 spiro atoms. The molecule has 1 aliphatic carbocycles. The van der Waals surface area contributed by atoms with Gasteiger partial charge in [-0.15, -0.1) is 0 Å². The average molecular weight is 335 g/mol. The van der Waals surface area contributed by atoms with E-state index >= 15 is 0 Å². The summed E-state index contributed by atoms with van der Waals surface area (Å²) < 4.78 is 18.4.